The van der Waals surface area contributed by atoms with Gasteiger partial charge in [0.1, 0.15) is 12.6 Å². The monoisotopic (exact) mass is 168 g/mol. The number of nitriles is 1. The second-order valence-electron chi connectivity index (χ2n) is 2.44. The smallest absolute Gasteiger partial charge is 0.246 e. The molecule has 0 bridgehead atoms. The van der Waals surface area contributed by atoms with Crippen LogP contribution in [0.5, 0.6) is 0 Å². The first-order valence-corrected chi connectivity index (χ1v) is 3.51. The lowest BCUT2D eigenvalue weighted by molar-refractivity contribution is -0.137. The maximum atomic E-state index is 11.0. The predicted octanol–water partition coefficient (Wildman–Crippen LogP) is -1.02. The first-order valence-electron chi connectivity index (χ1n) is 3.51. The van der Waals surface area contributed by atoms with E-state index in [2.05, 4.69) is 5.32 Å². The molecule has 0 aliphatic carbocycles. The number of ether oxygens (including phenoxy) is 1. The van der Waals surface area contributed by atoms with Crippen LogP contribution in [0.1, 0.15) is 6.42 Å². The fourth-order valence-electron chi connectivity index (χ4n) is 0.922. The van der Waals surface area contributed by atoms with Gasteiger partial charge in [-0.2, -0.15) is 5.26 Å². The number of rotatable bonds is 2. The van der Waals surface area contributed by atoms with Crippen LogP contribution in [0.2, 0.25) is 0 Å². The SMILES string of the molecule is N#CCC(=O)C1COCC(=O)N1. The Morgan fingerprint density at radius 3 is 3.17 bits per heavy atom. The summed E-state index contributed by atoms with van der Waals surface area (Å²) < 4.78 is 4.82. The third-order valence-electron chi connectivity index (χ3n) is 1.49. The van der Waals surface area contributed by atoms with Gasteiger partial charge in [-0.05, 0) is 0 Å². The number of hydrogen-bond donors (Lipinski definition) is 1. The minimum atomic E-state index is -0.633. The van der Waals surface area contributed by atoms with Crippen LogP contribution in [-0.4, -0.2) is 30.9 Å². The summed E-state index contributed by atoms with van der Waals surface area (Å²) in [5, 5.41) is 10.6. The van der Waals surface area contributed by atoms with Crippen molar-refractivity contribution in [3.8, 4) is 6.07 Å². The predicted molar refractivity (Wildman–Crippen MR) is 38.0 cm³/mol. The minimum Gasteiger partial charge on any atom is -0.369 e. The van der Waals surface area contributed by atoms with E-state index in [0.717, 1.165) is 0 Å². The number of nitrogens with zero attached hydrogens (tertiary/aromatic N) is 1. The van der Waals surface area contributed by atoms with Crippen molar-refractivity contribution < 1.29 is 14.3 Å². The van der Waals surface area contributed by atoms with Crippen molar-refractivity contribution >= 4 is 11.7 Å². The number of hydrogen-bond acceptors (Lipinski definition) is 4. The van der Waals surface area contributed by atoms with Crippen LogP contribution >= 0.6 is 0 Å². The average Bonchev–Trinajstić information content (AvgIpc) is 2.05. The van der Waals surface area contributed by atoms with Crippen molar-refractivity contribution in [3.63, 3.8) is 0 Å². The Balaban J connectivity index is 2.46. The maximum Gasteiger partial charge on any atom is 0.246 e. The molecule has 1 fully saturated rings. The molecule has 12 heavy (non-hydrogen) atoms. The molecule has 1 amide bonds. The summed E-state index contributed by atoms with van der Waals surface area (Å²) in [6.45, 7) is 0.169. The molecule has 1 aliphatic rings. The molecule has 5 heteroatoms. The Hall–Kier alpha value is -1.41. The molecule has 0 saturated carbocycles. The summed E-state index contributed by atoms with van der Waals surface area (Å²) in [6, 6.07) is 1.09. The van der Waals surface area contributed by atoms with Crippen LogP contribution < -0.4 is 5.32 Å². The highest BCUT2D eigenvalue weighted by Crippen LogP contribution is 1.97. The number of carbonyl (C=O) groups excluding carboxylic acids is 2. The van der Waals surface area contributed by atoms with E-state index < -0.39 is 6.04 Å². The van der Waals surface area contributed by atoms with Crippen LogP contribution in [0.25, 0.3) is 0 Å². The van der Waals surface area contributed by atoms with E-state index in [1.165, 1.54) is 0 Å². The van der Waals surface area contributed by atoms with Gasteiger partial charge < -0.3 is 10.1 Å². The molecule has 1 saturated heterocycles. The molecule has 1 heterocycles. The van der Waals surface area contributed by atoms with Crippen molar-refractivity contribution in [2.24, 2.45) is 0 Å². The number of morpholine rings is 1. The van der Waals surface area contributed by atoms with Crippen LogP contribution in [-0.2, 0) is 14.3 Å². The average molecular weight is 168 g/mol. The number of ketones is 1. The Morgan fingerprint density at radius 1 is 1.83 bits per heavy atom. The zero-order valence-electron chi connectivity index (χ0n) is 6.37. The quantitative estimate of drug-likeness (QED) is 0.572. The van der Waals surface area contributed by atoms with Gasteiger partial charge >= 0.3 is 0 Å². The lowest BCUT2D eigenvalue weighted by atomic mass is 10.1. The highest BCUT2D eigenvalue weighted by atomic mass is 16.5. The van der Waals surface area contributed by atoms with Crippen molar-refractivity contribution in [1.82, 2.24) is 5.32 Å². The Labute approximate surface area is 69.3 Å². The molecular weight excluding hydrogens is 160 g/mol. The minimum absolute atomic E-state index is 0.00364. The molecule has 5 nitrogen and oxygen atoms in total. The molecule has 1 atom stereocenters. The second kappa shape index (κ2) is 3.83. The molecule has 1 unspecified atom stereocenters. The van der Waals surface area contributed by atoms with Gasteiger partial charge in [-0.25, -0.2) is 0 Å². The summed E-state index contributed by atoms with van der Waals surface area (Å²) in [7, 11) is 0. The highest BCUT2D eigenvalue weighted by molar-refractivity contribution is 5.91. The van der Waals surface area contributed by atoms with E-state index >= 15 is 0 Å². The third-order valence-corrected chi connectivity index (χ3v) is 1.49. The Morgan fingerprint density at radius 2 is 2.58 bits per heavy atom. The van der Waals surface area contributed by atoms with Crippen molar-refractivity contribution in [1.29, 1.82) is 5.26 Å². The highest BCUT2D eigenvalue weighted by Gasteiger charge is 2.24. The molecule has 64 valence electrons. The first kappa shape index (κ1) is 8.68. The van der Waals surface area contributed by atoms with Crippen LogP contribution in [0.4, 0.5) is 0 Å². The topological polar surface area (TPSA) is 79.2 Å². The van der Waals surface area contributed by atoms with Crippen LogP contribution in [0.3, 0.4) is 0 Å². The van der Waals surface area contributed by atoms with Crippen LogP contribution in [0, 0.1) is 11.3 Å². The van der Waals surface area contributed by atoms with E-state index in [1.807, 2.05) is 0 Å². The lowest BCUT2D eigenvalue weighted by Gasteiger charge is -2.21. The van der Waals surface area contributed by atoms with E-state index in [4.69, 9.17) is 10.00 Å². The summed E-state index contributed by atoms with van der Waals surface area (Å²) in [5.41, 5.74) is 0. The van der Waals surface area contributed by atoms with Crippen molar-refractivity contribution in [2.45, 2.75) is 12.5 Å². The number of nitrogens with one attached hydrogen (secondary N) is 1. The lowest BCUT2D eigenvalue weighted by Crippen LogP contribution is -2.49. The summed E-state index contributed by atoms with van der Waals surface area (Å²) in [5.74, 6) is -0.608. The Kier molecular flexibility index (Phi) is 2.77. The standard InChI is InChI=1S/C7H8N2O3/c8-2-1-6(10)5-3-12-4-7(11)9-5/h5H,1,3-4H2,(H,9,11). The van der Waals surface area contributed by atoms with Gasteiger partial charge in [0.2, 0.25) is 5.91 Å². The van der Waals surface area contributed by atoms with E-state index in [9.17, 15) is 9.59 Å². The van der Waals surface area contributed by atoms with E-state index in [-0.39, 0.29) is 31.3 Å². The molecule has 0 aromatic carbocycles. The summed E-state index contributed by atoms with van der Waals surface area (Å²) >= 11 is 0. The molecule has 0 aromatic heterocycles. The summed E-state index contributed by atoms with van der Waals surface area (Å²) in [6.07, 6.45) is -0.186. The third kappa shape index (κ3) is 2.04. The second-order valence-corrected chi connectivity index (χ2v) is 2.44. The largest absolute Gasteiger partial charge is 0.369 e. The Bertz CT molecular complexity index is 244. The first-order chi connectivity index (χ1) is 5.74. The van der Waals surface area contributed by atoms with Gasteiger partial charge in [0.25, 0.3) is 0 Å². The zero-order valence-corrected chi connectivity index (χ0v) is 6.37. The molecule has 1 N–H and O–H groups in total. The molecule has 0 radical (unpaired) electrons. The van der Waals surface area contributed by atoms with Gasteiger partial charge in [0.05, 0.1) is 19.1 Å². The van der Waals surface area contributed by atoms with E-state index in [0.29, 0.717) is 0 Å². The number of Topliss-reactive ketones (excluding diaryl/α,β-unsaturated/α-hetero) is 1. The molecule has 0 spiro atoms. The molecule has 1 aliphatic heterocycles. The van der Waals surface area contributed by atoms with Gasteiger partial charge in [-0.15, -0.1) is 0 Å². The molecule has 1 rings (SSSR count). The molecular formula is C7H8N2O3. The fraction of sp³-hybridized carbons (Fsp3) is 0.571. The molecule has 0 aromatic rings. The van der Waals surface area contributed by atoms with Gasteiger partial charge in [-0.3, -0.25) is 9.59 Å². The van der Waals surface area contributed by atoms with Gasteiger partial charge in [0, 0.05) is 0 Å². The van der Waals surface area contributed by atoms with Gasteiger partial charge in [0.15, 0.2) is 5.78 Å². The maximum absolute atomic E-state index is 11.0. The van der Waals surface area contributed by atoms with E-state index in [1.54, 1.807) is 6.07 Å². The summed E-state index contributed by atoms with van der Waals surface area (Å²) in [4.78, 5) is 21.7. The zero-order chi connectivity index (χ0) is 8.97. The van der Waals surface area contributed by atoms with Crippen LogP contribution in [0.15, 0.2) is 0 Å². The normalized spacial score (nSPS) is 22.6. The van der Waals surface area contributed by atoms with Gasteiger partial charge in [-0.1, -0.05) is 0 Å². The fourth-order valence-corrected chi connectivity index (χ4v) is 0.922. The van der Waals surface area contributed by atoms with Crippen molar-refractivity contribution in [3.05, 3.63) is 0 Å². The number of carbonyl (C=O) groups is 2. The van der Waals surface area contributed by atoms with Crippen molar-refractivity contribution in [2.75, 3.05) is 13.2 Å². The number of amides is 1.